The minimum Gasteiger partial charge on any atom is -0.388 e. The highest BCUT2D eigenvalue weighted by Crippen LogP contribution is 2.22. The maximum atomic E-state index is 13.6. The number of aliphatic hydroxyl groups excluding tert-OH is 1. The van der Waals surface area contributed by atoms with E-state index in [1.807, 2.05) is 19.1 Å². The SMILES string of the molecule is Cc1ccc(F)c(C(O)CCc2ccncc2)c1. The van der Waals surface area contributed by atoms with Crippen LogP contribution in [0.4, 0.5) is 4.39 Å². The van der Waals surface area contributed by atoms with Gasteiger partial charge in [-0.25, -0.2) is 4.39 Å². The molecule has 3 heteroatoms. The van der Waals surface area contributed by atoms with Crippen molar-refractivity contribution in [1.82, 2.24) is 4.98 Å². The van der Waals surface area contributed by atoms with Crippen LogP contribution in [0.5, 0.6) is 0 Å². The molecule has 0 bridgehead atoms. The van der Waals surface area contributed by atoms with E-state index in [0.29, 0.717) is 18.4 Å². The Kier molecular flexibility index (Phi) is 4.05. The Bertz CT molecular complexity index is 513. The van der Waals surface area contributed by atoms with E-state index in [9.17, 15) is 9.50 Å². The van der Waals surface area contributed by atoms with Crippen LogP contribution in [0.25, 0.3) is 0 Å². The lowest BCUT2D eigenvalue weighted by atomic mass is 10.00. The van der Waals surface area contributed by atoms with Crippen molar-refractivity contribution >= 4 is 0 Å². The molecule has 1 heterocycles. The van der Waals surface area contributed by atoms with Crippen LogP contribution in [0.3, 0.4) is 0 Å². The van der Waals surface area contributed by atoms with Gasteiger partial charge in [-0.2, -0.15) is 0 Å². The summed E-state index contributed by atoms with van der Waals surface area (Å²) >= 11 is 0. The standard InChI is InChI=1S/C15H16FNO/c1-11-2-4-14(16)13(10-11)15(18)5-3-12-6-8-17-9-7-12/h2,4,6-10,15,18H,3,5H2,1H3. The number of benzene rings is 1. The van der Waals surface area contributed by atoms with E-state index in [1.165, 1.54) is 6.07 Å². The number of pyridine rings is 1. The van der Waals surface area contributed by atoms with Gasteiger partial charge in [-0.15, -0.1) is 0 Å². The fourth-order valence-electron chi connectivity index (χ4n) is 1.93. The first kappa shape index (κ1) is 12.7. The molecule has 1 aromatic heterocycles. The first-order valence-electron chi connectivity index (χ1n) is 6.00. The number of aromatic nitrogens is 1. The van der Waals surface area contributed by atoms with Crippen molar-refractivity contribution in [1.29, 1.82) is 0 Å². The zero-order valence-corrected chi connectivity index (χ0v) is 10.3. The van der Waals surface area contributed by atoms with E-state index in [1.54, 1.807) is 24.5 Å². The number of halogens is 1. The second-order valence-electron chi connectivity index (χ2n) is 4.43. The van der Waals surface area contributed by atoms with E-state index >= 15 is 0 Å². The minimum absolute atomic E-state index is 0.345. The van der Waals surface area contributed by atoms with Crippen LogP contribution < -0.4 is 0 Å². The van der Waals surface area contributed by atoms with E-state index in [2.05, 4.69) is 4.98 Å². The Balaban J connectivity index is 2.03. The van der Waals surface area contributed by atoms with Crippen LogP contribution in [0.1, 0.15) is 29.2 Å². The Morgan fingerprint density at radius 3 is 2.67 bits per heavy atom. The van der Waals surface area contributed by atoms with Crippen molar-refractivity contribution in [2.75, 3.05) is 0 Å². The molecule has 0 saturated carbocycles. The normalized spacial score (nSPS) is 12.4. The lowest BCUT2D eigenvalue weighted by molar-refractivity contribution is 0.163. The summed E-state index contributed by atoms with van der Waals surface area (Å²) in [5.74, 6) is -0.345. The molecular weight excluding hydrogens is 229 g/mol. The molecule has 1 N–H and O–H groups in total. The summed E-state index contributed by atoms with van der Waals surface area (Å²) in [6.07, 6.45) is 3.88. The summed E-state index contributed by atoms with van der Waals surface area (Å²) in [4.78, 5) is 3.93. The van der Waals surface area contributed by atoms with E-state index in [4.69, 9.17) is 0 Å². The third kappa shape index (κ3) is 3.14. The molecule has 0 spiro atoms. The second kappa shape index (κ2) is 5.74. The van der Waals surface area contributed by atoms with Gasteiger partial charge in [-0.3, -0.25) is 4.98 Å². The fraction of sp³-hybridized carbons (Fsp3) is 0.267. The Hall–Kier alpha value is -1.74. The van der Waals surface area contributed by atoms with Crippen molar-refractivity contribution in [2.45, 2.75) is 25.9 Å². The van der Waals surface area contributed by atoms with Crippen LogP contribution in [0.15, 0.2) is 42.7 Å². The van der Waals surface area contributed by atoms with E-state index in [0.717, 1.165) is 11.1 Å². The van der Waals surface area contributed by atoms with Gasteiger partial charge in [0.05, 0.1) is 6.10 Å². The molecule has 2 aromatic rings. The molecule has 0 aliphatic heterocycles. The molecule has 1 unspecified atom stereocenters. The lowest BCUT2D eigenvalue weighted by Crippen LogP contribution is -2.03. The summed E-state index contributed by atoms with van der Waals surface area (Å²) in [6.45, 7) is 1.89. The number of aryl methyl sites for hydroxylation is 2. The smallest absolute Gasteiger partial charge is 0.129 e. The quantitative estimate of drug-likeness (QED) is 0.897. The summed E-state index contributed by atoms with van der Waals surface area (Å²) in [5.41, 5.74) is 2.43. The molecule has 0 aliphatic rings. The van der Waals surface area contributed by atoms with E-state index in [-0.39, 0.29) is 5.82 Å². The van der Waals surface area contributed by atoms with Crippen molar-refractivity contribution in [3.63, 3.8) is 0 Å². The lowest BCUT2D eigenvalue weighted by Gasteiger charge is -2.12. The van der Waals surface area contributed by atoms with Gasteiger partial charge in [0.15, 0.2) is 0 Å². The van der Waals surface area contributed by atoms with Crippen LogP contribution in [0.2, 0.25) is 0 Å². The van der Waals surface area contributed by atoms with Gasteiger partial charge < -0.3 is 5.11 Å². The van der Waals surface area contributed by atoms with Crippen LogP contribution in [-0.4, -0.2) is 10.1 Å². The zero-order valence-electron chi connectivity index (χ0n) is 10.3. The molecule has 18 heavy (non-hydrogen) atoms. The molecule has 0 aliphatic carbocycles. The summed E-state index contributed by atoms with van der Waals surface area (Å²) in [6, 6.07) is 8.61. The molecule has 0 radical (unpaired) electrons. The van der Waals surface area contributed by atoms with Gasteiger partial charge in [0.2, 0.25) is 0 Å². The molecule has 2 rings (SSSR count). The predicted octanol–water partition coefficient (Wildman–Crippen LogP) is 3.20. The van der Waals surface area contributed by atoms with Crippen LogP contribution >= 0.6 is 0 Å². The van der Waals surface area contributed by atoms with Gasteiger partial charge in [-0.05, 0) is 43.5 Å². The molecule has 1 aromatic carbocycles. The average Bonchev–Trinajstić information content (AvgIpc) is 2.40. The Labute approximate surface area is 106 Å². The van der Waals surface area contributed by atoms with Crippen molar-refractivity contribution in [2.24, 2.45) is 0 Å². The molecule has 0 amide bonds. The van der Waals surface area contributed by atoms with Gasteiger partial charge in [-0.1, -0.05) is 17.7 Å². The Morgan fingerprint density at radius 1 is 1.22 bits per heavy atom. The highest BCUT2D eigenvalue weighted by Gasteiger charge is 2.12. The highest BCUT2D eigenvalue weighted by atomic mass is 19.1. The first-order chi connectivity index (χ1) is 8.66. The van der Waals surface area contributed by atoms with Crippen molar-refractivity contribution in [3.05, 3.63) is 65.2 Å². The van der Waals surface area contributed by atoms with Gasteiger partial charge in [0.25, 0.3) is 0 Å². The number of rotatable bonds is 4. The minimum atomic E-state index is -0.766. The summed E-state index contributed by atoms with van der Waals surface area (Å²) in [5, 5.41) is 10.0. The maximum Gasteiger partial charge on any atom is 0.129 e. The molecule has 0 fully saturated rings. The molecule has 94 valence electrons. The number of nitrogens with zero attached hydrogens (tertiary/aromatic N) is 1. The Morgan fingerprint density at radius 2 is 1.94 bits per heavy atom. The molecular formula is C15H16FNO. The number of hydrogen-bond donors (Lipinski definition) is 1. The fourth-order valence-corrected chi connectivity index (χ4v) is 1.93. The second-order valence-corrected chi connectivity index (χ2v) is 4.43. The van der Waals surface area contributed by atoms with Gasteiger partial charge in [0.1, 0.15) is 5.82 Å². The topological polar surface area (TPSA) is 33.1 Å². The summed E-state index contributed by atoms with van der Waals surface area (Å²) < 4.78 is 13.6. The van der Waals surface area contributed by atoms with Gasteiger partial charge in [0, 0.05) is 18.0 Å². The number of aliphatic hydroxyl groups is 1. The van der Waals surface area contributed by atoms with Crippen molar-refractivity contribution < 1.29 is 9.50 Å². The molecule has 0 saturated heterocycles. The van der Waals surface area contributed by atoms with Crippen molar-refractivity contribution in [3.8, 4) is 0 Å². The highest BCUT2D eigenvalue weighted by molar-refractivity contribution is 5.26. The third-order valence-electron chi connectivity index (χ3n) is 2.97. The monoisotopic (exact) mass is 245 g/mol. The van der Waals surface area contributed by atoms with Crippen LogP contribution in [0, 0.1) is 12.7 Å². The van der Waals surface area contributed by atoms with E-state index < -0.39 is 6.10 Å². The largest absolute Gasteiger partial charge is 0.388 e. The average molecular weight is 245 g/mol. The molecule has 1 atom stereocenters. The van der Waals surface area contributed by atoms with Crippen LogP contribution in [-0.2, 0) is 6.42 Å². The summed E-state index contributed by atoms with van der Waals surface area (Å²) in [7, 11) is 0. The maximum absolute atomic E-state index is 13.6. The third-order valence-corrected chi connectivity index (χ3v) is 2.97. The zero-order chi connectivity index (χ0) is 13.0. The molecule has 2 nitrogen and oxygen atoms in total. The predicted molar refractivity (Wildman–Crippen MR) is 68.7 cm³/mol. The van der Waals surface area contributed by atoms with Gasteiger partial charge >= 0.3 is 0 Å². The first-order valence-corrected chi connectivity index (χ1v) is 6.00. The number of hydrogen-bond acceptors (Lipinski definition) is 2.